The van der Waals surface area contributed by atoms with E-state index in [1.54, 1.807) is 0 Å². The first-order valence-electron chi connectivity index (χ1n) is 4.69. The molecule has 0 saturated carbocycles. The van der Waals surface area contributed by atoms with Gasteiger partial charge >= 0.3 is 0 Å². The highest BCUT2D eigenvalue weighted by Gasteiger charge is 2.35. The minimum Gasteiger partial charge on any atom is -0.381 e. The van der Waals surface area contributed by atoms with Crippen LogP contribution in [-0.4, -0.2) is 25.8 Å². The van der Waals surface area contributed by atoms with E-state index in [0.29, 0.717) is 13.2 Å². The summed E-state index contributed by atoms with van der Waals surface area (Å²) in [6.45, 7) is 5.00. The highest BCUT2D eigenvalue weighted by atomic mass is 16.5. The Morgan fingerprint density at radius 3 is 1.77 bits per heavy atom. The number of carbonyl (C=O) groups excluding carboxylic acids is 2. The van der Waals surface area contributed by atoms with Crippen molar-refractivity contribution in [3.8, 4) is 0 Å². The summed E-state index contributed by atoms with van der Waals surface area (Å²) < 4.78 is 5.30. The van der Waals surface area contributed by atoms with Gasteiger partial charge in [0.05, 0.1) is 13.2 Å². The second-order valence-electron chi connectivity index (χ2n) is 3.86. The Kier molecular flexibility index (Phi) is 3.60. The van der Waals surface area contributed by atoms with E-state index in [2.05, 4.69) is 0 Å². The lowest BCUT2D eigenvalue weighted by Crippen LogP contribution is -2.26. The van der Waals surface area contributed by atoms with Crippen LogP contribution in [-0.2, 0) is 14.3 Å². The van der Waals surface area contributed by atoms with Gasteiger partial charge in [0.25, 0.3) is 0 Å². The summed E-state index contributed by atoms with van der Waals surface area (Å²) in [6, 6.07) is 0. The maximum atomic E-state index is 10.6. The van der Waals surface area contributed by atoms with Crippen molar-refractivity contribution < 1.29 is 14.3 Å². The Morgan fingerprint density at radius 2 is 1.46 bits per heavy atom. The maximum absolute atomic E-state index is 10.6. The average Bonchev–Trinajstić information content (AvgIpc) is 2.63. The van der Waals surface area contributed by atoms with Gasteiger partial charge in [-0.15, -0.1) is 0 Å². The van der Waals surface area contributed by atoms with Gasteiger partial charge in [0.15, 0.2) is 0 Å². The molecule has 0 N–H and O–H groups in total. The Labute approximate surface area is 78.5 Å². The SMILES string of the molecule is CC(C=O)[C@H]1COC[C@H]1C(C)C=O. The summed E-state index contributed by atoms with van der Waals surface area (Å²) in [6.07, 6.45) is 1.90. The van der Waals surface area contributed by atoms with E-state index in [4.69, 9.17) is 4.74 Å². The van der Waals surface area contributed by atoms with E-state index >= 15 is 0 Å². The third kappa shape index (κ3) is 2.15. The van der Waals surface area contributed by atoms with Crippen molar-refractivity contribution in [2.24, 2.45) is 23.7 Å². The molecule has 0 aromatic carbocycles. The van der Waals surface area contributed by atoms with Crippen LogP contribution in [0.4, 0.5) is 0 Å². The van der Waals surface area contributed by atoms with Crippen LogP contribution < -0.4 is 0 Å². The van der Waals surface area contributed by atoms with E-state index in [1.807, 2.05) is 13.8 Å². The first kappa shape index (κ1) is 10.4. The molecule has 13 heavy (non-hydrogen) atoms. The van der Waals surface area contributed by atoms with Gasteiger partial charge in [-0.2, -0.15) is 0 Å². The van der Waals surface area contributed by atoms with Crippen molar-refractivity contribution in [2.75, 3.05) is 13.2 Å². The lowest BCUT2D eigenvalue weighted by molar-refractivity contribution is -0.115. The molecule has 0 spiro atoms. The molecule has 0 aromatic heterocycles. The molecular weight excluding hydrogens is 168 g/mol. The van der Waals surface area contributed by atoms with Gasteiger partial charge in [-0.25, -0.2) is 0 Å². The predicted molar refractivity (Wildman–Crippen MR) is 48.3 cm³/mol. The molecule has 2 unspecified atom stereocenters. The number of carbonyl (C=O) groups is 2. The van der Waals surface area contributed by atoms with Crippen LogP contribution in [0.2, 0.25) is 0 Å². The monoisotopic (exact) mass is 184 g/mol. The van der Waals surface area contributed by atoms with Crippen LogP contribution >= 0.6 is 0 Å². The van der Waals surface area contributed by atoms with E-state index in [0.717, 1.165) is 12.6 Å². The number of ether oxygens (including phenoxy) is 1. The first-order chi connectivity index (χ1) is 6.20. The molecule has 1 rings (SSSR count). The van der Waals surface area contributed by atoms with E-state index in [1.165, 1.54) is 0 Å². The van der Waals surface area contributed by atoms with Crippen molar-refractivity contribution >= 4 is 12.6 Å². The van der Waals surface area contributed by atoms with Gasteiger partial charge in [0, 0.05) is 11.8 Å². The minimum absolute atomic E-state index is 0.00472. The van der Waals surface area contributed by atoms with E-state index < -0.39 is 0 Å². The molecule has 1 fully saturated rings. The quantitative estimate of drug-likeness (QED) is 0.610. The molecule has 0 aliphatic carbocycles. The van der Waals surface area contributed by atoms with Crippen molar-refractivity contribution in [1.82, 2.24) is 0 Å². The van der Waals surface area contributed by atoms with Gasteiger partial charge in [0.2, 0.25) is 0 Å². The van der Waals surface area contributed by atoms with Crippen LogP contribution in [0, 0.1) is 23.7 Å². The van der Waals surface area contributed by atoms with Crippen LogP contribution in [0.3, 0.4) is 0 Å². The fourth-order valence-corrected chi connectivity index (χ4v) is 1.87. The average molecular weight is 184 g/mol. The van der Waals surface area contributed by atoms with Gasteiger partial charge in [0.1, 0.15) is 12.6 Å². The third-order valence-corrected chi connectivity index (χ3v) is 2.95. The van der Waals surface area contributed by atoms with Crippen LogP contribution in [0.5, 0.6) is 0 Å². The lowest BCUT2D eigenvalue weighted by atomic mass is 9.79. The molecule has 3 heteroatoms. The predicted octanol–water partition coefficient (Wildman–Crippen LogP) is 0.919. The van der Waals surface area contributed by atoms with Crippen LogP contribution in [0.15, 0.2) is 0 Å². The molecule has 1 aliphatic rings. The second kappa shape index (κ2) is 4.51. The van der Waals surface area contributed by atoms with Gasteiger partial charge in [-0.1, -0.05) is 13.8 Å². The standard InChI is InChI=1S/C10H16O3/c1-7(3-11)9-5-13-6-10(9)8(2)4-12/h3-4,7-10H,5-6H2,1-2H3/t7?,8?,9-,10+. The summed E-state index contributed by atoms with van der Waals surface area (Å²) >= 11 is 0. The molecule has 0 aromatic rings. The summed E-state index contributed by atoms with van der Waals surface area (Å²) in [5.74, 6) is 0.431. The zero-order valence-corrected chi connectivity index (χ0v) is 8.10. The molecule has 3 nitrogen and oxygen atoms in total. The molecule has 1 aliphatic heterocycles. The molecule has 1 saturated heterocycles. The Hall–Kier alpha value is -0.700. The Balaban J connectivity index is 2.62. The summed E-state index contributed by atoms with van der Waals surface area (Å²) in [5, 5.41) is 0. The molecule has 0 bridgehead atoms. The van der Waals surface area contributed by atoms with Crippen LogP contribution in [0.1, 0.15) is 13.8 Å². The fourth-order valence-electron chi connectivity index (χ4n) is 1.87. The zero-order chi connectivity index (χ0) is 9.84. The highest BCUT2D eigenvalue weighted by Crippen LogP contribution is 2.31. The van der Waals surface area contributed by atoms with Crippen molar-refractivity contribution in [3.63, 3.8) is 0 Å². The maximum Gasteiger partial charge on any atom is 0.123 e. The minimum atomic E-state index is -0.00472. The summed E-state index contributed by atoms with van der Waals surface area (Å²) in [5.41, 5.74) is 0. The topological polar surface area (TPSA) is 43.4 Å². The smallest absolute Gasteiger partial charge is 0.123 e. The fraction of sp³-hybridized carbons (Fsp3) is 0.800. The first-order valence-corrected chi connectivity index (χ1v) is 4.69. The van der Waals surface area contributed by atoms with E-state index in [-0.39, 0.29) is 23.7 Å². The number of aldehydes is 2. The number of hydrogen-bond donors (Lipinski definition) is 0. The van der Waals surface area contributed by atoms with Crippen molar-refractivity contribution in [1.29, 1.82) is 0 Å². The van der Waals surface area contributed by atoms with Gasteiger partial charge in [-0.05, 0) is 11.8 Å². The third-order valence-electron chi connectivity index (χ3n) is 2.95. The molecule has 74 valence electrons. The molecule has 4 atom stereocenters. The van der Waals surface area contributed by atoms with Crippen molar-refractivity contribution in [2.45, 2.75) is 13.8 Å². The normalized spacial score (nSPS) is 32.5. The number of hydrogen-bond acceptors (Lipinski definition) is 3. The molecule has 0 amide bonds. The summed E-state index contributed by atoms with van der Waals surface area (Å²) in [4.78, 5) is 21.2. The summed E-state index contributed by atoms with van der Waals surface area (Å²) in [7, 11) is 0. The largest absolute Gasteiger partial charge is 0.381 e. The zero-order valence-electron chi connectivity index (χ0n) is 8.10. The molecular formula is C10H16O3. The highest BCUT2D eigenvalue weighted by molar-refractivity contribution is 5.56. The lowest BCUT2D eigenvalue weighted by Gasteiger charge is -2.22. The second-order valence-corrected chi connectivity index (χ2v) is 3.86. The Bertz CT molecular complexity index is 171. The van der Waals surface area contributed by atoms with Crippen molar-refractivity contribution in [3.05, 3.63) is 0 Å². The van der Waals surface area contributed by atoms with Gasteiger partial charge in [-0.3, -0.25) is 0 Å². The van der Waals surface area contributed by atoms with E-state index in [9.17, 15) is 9.59 Å². The van der Waals surface area contributed by atoms with Crippen LogP contribution in [0.25, 0.3) is 0 Å². The van der Waals surface area contributed by atoms with Gasteiger partial charge < -0.3 is 14.3 Å². The number of rotatable bonds is 4. The molecule has 1 heterocycles. The molecule has 0 radical (unpaired) electrons. The Morgan fingerprint density at radius 1 is 1.08 bits per heavy atom.